The molecule has 0 aromatic heterocycles. The molecule has 100 valence electrons. The third kappa shape index (κ3) is 4.81. The quantitative estimate of drug-likeness (QED) is 0.800. The minimum Gasteiger partial charge on any atom is -0.376 e. The first-order valence-corrected chi connectivity index (χ1v) is 6.18. The van der Waals surface area contributed by atoms with Crippen molar-refractivity contribution in [3.8, 4) is 0 Å². The Hall–Kier alpha value is -0.330. The number of alkyl halides is 3. The summed E-state index contributed by atoms with van der Waals surface area (Å²) in [7, 11) is 0. The molecule has 1 saturated carbocycles. The first-order valence-electron chi connectivity index (χ1n) is 6.18. The Morgan fingerprint density at radius 1 is 1.29 bits per heavy atom. The van der Waals surface area contributed by atoms with Crippen molar-refractivity contribution in [3.63, 3.8) is 0 Å². The number of rotatable bonds is 5. The Morgan fingerprint density at radius 3 is 2.59 bits per heavy atom. The molecule has 1 atom stereocenters. The van der Waals surface area contributed by atoms with Gasteiger partial charge in [-0.25, -0.2) is 0 Å². The first kappa shape index (κ1) is 13.1. The summed E-state index contributed by atoms with van der Waals surface area (Å²) >= 11 is 0. The van der Waals surface area contributed by atoms with E-state index in [4.69, 9.17) is 4.74 Å². The highest BCUT2D eigenvalue weighted by Gasteiger charge is 2.37. The lowest BCUT2D eigenvalue weighted by atomic mass is 10.2. The van der Waals surface area contributed by atoms with E-state index in [1.807, 2.05) is 0 Å². The van der Waals surface area contributed by atoms with Crippen LogP contribution in [0.25, 0.3) is 0 Å². The maximum atomic E-state index is 12.4. The highest BCUT2D eigenvalue weighted by atomic mass is 19.4. The molecule has 2 aliphatic rings. The second-order valence-electron chi connectivity index (χ2n) is 4.80. The molecule has 2 fully saturated rings. The van der Waals surface area contributed by atoms with Gasteiger partial charge in [0.15, 0.2) is 0 Å². The Labute approximate surface area is 99.3 Å². The molecular weight excluding hydrogens is 233 g/mol. The molecule has 1 unspecified atom stereocenters. The Balaban J connectivity index is 1.73. The van der Waals surface area contributed by atoms with Crippen LogP contribution in [-0.2, 0) is 4.74 Å². The van der Waals surface area contributed by atoms with Crippen LogP contribution in [0.5, 0.6) is 0 Å². The van der Waals surface area contributed by atoms with Gasteiger partial charge in [-0.15, -0.1) is 0 Å². The third-order valence-electron chi connectivity index (χ3n) is 3.19. The molecule has 17 heavy (non-hydrogen) atoms. The smallest absolute Gasteiger partial charge is 0.376 e. The van der Waals surface area contributed by atoms with E-state index < -0.39 is 12.7 Å². The summed E-state index contributed by atoms with van der Waals surface area (Å²) in [5.74, 6) is 0. The summed E-state index contributed by atoms with van der Waals surface area (Å²) < 4.78 is 42.6. The van der Waals surface area contributed by atoms with E-state index >= 15 is 0 Å². The molecule has 6 heteroatoms. The predicted molar refractivity (Wildman–Crippen MR) is 57.9 cm³/mol. The lowest BCUT2D eigenvalue weighted by Crippen LogP contribution is -2.42. The van der Waals surface area contributed by atoms with Gasteiger partial charge in [0, 0.05) is 25.7 Å². The first-order chi connectivity index (χ1) is 8.04. The molecule has 0 spiro atoms. The zero-order valence-corrected chi connectivity index (χ0v) is 9.80. The lowest BCUT2D eigenvalue weighted by molar-refractivity contribution is -0.148. The Kier molecular flexibility index (Phi) is 4.27. The number of halogens is 3. The minimum absolute atomic E-state index is 0.0678. The maximum absolute atomic E-state index is 12.4. The van der Waals surface area contributed by atoms with Crippen molar-refractivity contribution in [2.45, 2.75) is 37.6 Å². The van der Waals surface area contributed by atoms with E-state index in [-0.39, 0.29) is 12.1 Å². The van der Waals surface area contributed by atoms with E-state index in [2.05, 4.69) is 5.32 Å². The molecule has 1 saturated heterocycles. The average molecular weight is 252 g/mol. The molecule has 0 aromatic carbocycles. The van der Waals surface area contributed by atoms with Crippen LogP contribution in [0.2, 0.25) is 0 Å². The van der Waals surface area contributed by atoms with Gasteiger partial charge in [0.1, 0.15) is 0 Å². The van der Waals surface area contributed by atoms with E-state index in [1.165, 1.54) is 0 Å². The van der Waals surface area contributed by atoms with Crippen molar-refractivity contribution in [3.05, 3.63) is 0 Å². The molecule has 3 nitrogen and oxygen atoms in total. The summed E-state index contributed by atoms with van der Waals surface area (Å²) in [6, 6.07) is 0.146. The van der Waals surface area contributed by atoms with Crippen molar-refractivity contribution in [1.29, 1.82) is 0 Å². The summed E-state index contributed by atoms with van der Waals surface area (Å²) in [5, 5.41) is 3.19. The van der Waals surface area contributed by atoms with Gasteiger partial charge in [0.25, 0.3) is 0 Å². The van der Waals surface area contributed by atoms with Crippen molar-refractivity contribution in [2.24, 2.45) is 0 Å². The number of nitrogens with zero attached hydrogens (tertiary/aromatic N) is 1. The van der Waals surface area contributed by atoms with Gasteiger partial charge in [-0.05, 0) is 19.3 Å². The van der Waals surface area contributed by atoms with Gasteiger partial charge < -0.3 is 10.1 Å². The summed E-state index contributed by atoms with van der Waals surface area (Å²) in [5.41, 5.74) is 0. The topological polar surface area (TPSA) is 24.5 Å². The lowest BCUT2D eigenvalue weighted by Gasteiger charge is -2.28. The van der Waals surface area contributed by atoms with Gasteiger partial charge in [0.05, 0.1) is 19.3 Å². The van der Waals surface area contributed by atoms with Crippen LogP contribution in [0.3, 0.4) is 0 Å². The van der Waals surface area contributed by atoms with Gasteiger partial charge in [-0.3, -0.25) is 4.90 Å². The minimum atomic E-state index is -4.09. The second-order valence-corrected chi connectivity index (χ2v) is 4.80. The fourth-order valence-electron chi connectivity index (χ4n) is 2.18. The summed E-state index contributed by atoms with van der Waals surface area (Å²) in [6.07, 6.45) is -1.54. The number of hydrogen-bond donors (Lipinski definition) is 1. The van der Waals surface area contributed by atoms with Crippen molar-refractivity contribution in [2.75, 3.05) is 32.8 Å². The fraction of sp³-hybridized carbons (Fsp3) is 1.00. The van der Waals surface area contributed by atoms with E-state index in [9.17, 15) is 13.2 Å². The normalized spacial score (nSPS) is 26.5. The molecule has 1 aliphatic carbocycles. The van der Waals surface area contributed by atoms with E-state index in [0.29, 0.717) is 19.6 Å². The van der Waals surface area contributed by atoms with E-state index in [1.54, 1.807) is 4.90 Å². The predicted octanol–water partition coefficient (Wildman–Crippen LogP) is 1.39. The molecule has 0 bridgehead atoms. The van der Waals surface area contributed by atoms with Crippen molar-refractivity contribution >= 4 is 0 Å². The van der Waals surface area contributed by atoms with Crippen LogP contribution < -0.4 is 5.32 Å². The standard InChI is InChI=1S/C11H19F3N2O/c12-11(13,14)8-16(9-1-2-9)5-3-10-7-15-4-6-17-10/h9-10,15H,1-8H2. The van der Waals surface area contributed by atoms with E-state index in [0.717, 1.165) is 25.9 Å². The Morgan fingerprint density at radius 2 is 2.06 bits per heavy atom. The molecule has 1 N–H and O–H groups in total. The van der Waals surface area contributed by atoms with Crippen LogP contribution in [0.15, 0.2) is 0 Å². The molecular formula is C11H19F3N2O. The average Bonchev–Trinajstić information content (AvgIpc) is 3.08. The largest absolute Gasteiger partial charge is 0.401 e. The third-order valence-corrected chi connectivity index (χ3v) is 3.19. The highest BCUT2D eigenvalue weighted by Crippen LogP contribution is 2.30. The van der Waals surface area contributed by atoms with Gasteiger partial charge in [0.2, 0.25) is 0 Å². The van der Waals surface area contributed by atoms with Crippen molar-refractivity contribution < 1.29 is 17.9 Å². The SMILES string of the molecule is FC(F)(F)CN(CCC1CNCCO1)C1CC1. The highest BCUT2D eigenvalue weighted by molar-refractivity contribution is 4.86. The van der Waals surface area contributed by atoms with Crippen LogP contribution in [0, 0.1) is 0 Å². The molecule has 0 aromatic rings. The van der Waals surface area contributed by atoms with Crippen LogP contribution in [0.4, 0.5) is 13.2 Å². The van der Waals surface area contributed by atoms with Gasteiger partial charge in [-0.2, -0.15) is 13.2 Å². The number of ether oxygens (including phenoxy) is 1. The van der Waals surface area contributed by atoms with Crippen LogP contribution in [-0.4, -0.2) is 56.0 Å². The molecule has 2 rings (SSSR count). The molecule has 1 heterocycles. The summed E-state index contributed by atoms with van der Waals surface area (Å²) in [6.45, 7) is 1.96. The van der Waals surface area contributed by atoms with Gasteiger partial charge >= 0.3 is 6.18 Å². The fourth-order valence-corrected chi connectivity index (χ4v) is 2.18. The number of hydrogen-bond acceptors (Lipinski definition) is 3. The monoisotopic (exact) mass is 252 g/mol. The van der Waals surface area contributed by atoms with Crippen LogP contribution >= 0.6 is 0 Å². The van der Waals surface area contributed by atoms with Crippen LogP contribution in [0.1, 0.15) is 19.3 Å². The molecule has 0 amide bonds. The number of nitrogens with one attached hydrogen (secondary N) is 1. The Bertz CT molecular complexity index is 237. The molecule has 0 radical (unpaired) electrons. The number of morpholine rings is 1. The zero-order chi connectivity index (χ0) is 12.3. The zero-order valence-electron chi connectivity index (χ0n) is 9.80. The van der Waals surface area contributed by atoms with Gasteiger partial charge in [-0.1, -0.05) is 0 Å². The summed E-state index contributed by atoms with van der Waals surface area (Å²) in [4.78, 5) is 1.55. The maximum Gasteiger partial charge on any atom is 0.401 e. The molecule has 1 aliphatic heterocycles. The second kappa shape index (κ2) is 5.54. The van der Waals surface area contributed by atoms with Crippen molar-refractivity contribution in [1.82, 2.24) is 10.2 Å².